The molecule has 1 rings (SSSR count). The first-order chi connectivity index (χ1) is 11.9. The summed E-state index contributed by atoms with van der Waals surface area (Å²) in [5, 5.41) is 0. The zero-order chi connectivity index (χ0) is 18.8. The molecule has 0 aliphatic rings. The average molecular weight is 464 g/mol. The molecule has 7 heteroatoms. The molecule has 0 aliphatic carbocycles. The number of rotatable bonds is 10. The summed E-state index contributed by atoms with van der Waals surface area (Å²) in [5.41, 5.74) is 0.444. The van der Waals surface area contributed by atoms with Crippen molar-refractivity contribution < 1.29 is 28.5 Å². The molecule has 0 saturated carbocycles. The minimum atomic E-state index is -0.543. The molecule has 0 aromatic heterocycles. The highest BCUT2D eigenvalue weighted by molar-refractivity contribution is 14.1. The van der Waals surface area contributed by atoms with Gasteiger partial charge < -0.3 is 18.9 Å². The van der Waals surface area contributed by atoms with E-state index >= 15 is 0 Å². The molecule has 0 bridgehead atoms. The second-order valence-corrected chi connectivity index (χ2v) is 6.77. The second-order valence-electron chi connectivity index (χ2n) is 5.60. The quantitative estimate of drug-likeness (QED) is 0.390. The number of hydrogen-bond donors (Lipinski definition) is 0. The third kappa shape index (κ3) is 7.29. The highest BCUT2D eigenvalue weighted by atomic mass is 127. The molecule has 0 N–H and O–H groups in total. The number of hydrogen-bond acceptors (Lipinski definition) is 6. The molecule has 2 atom stereocenters. The lowest BCUT2D eigenvalue weighted by Gasteiger charge is -2.13. The maximum atomic E-state index is 12.4. The van der Waals surface area contributed by atoms with E-state index in [-0.39, 0.29) is 36.5 Å². The number of methoxy groups -OCH3 is 2. The van der Waals surface area contributed by atoms with Gasteiger partial charge in [0.15, 0.2) is 0 Å². The summed E-state index contributed by atoms with van der Waals surface area (Å²) >= 11 is 2.01. The van der Waals surface area contributed by atoms with Crippen LogP contribution in [0.25, 0.3) is 0 Å². The third-order valence-electron chi connectivity index (χ3n) is 3.76. The van der Waals surface area contributed by atoms with Crippen molar-refractivity contribution in [3.63, 3.8) is 0 Å². The van der Waals surface area contributed by atoms with Crippen LogP contribution < -0.4 is 0 Å². The van der Waals surface area contributed by atoms with Crippen LogP contribution in [0.4, 0.5) is 0 Å². The number of ether oxygens (including phenoxy) is 4. The van der Waals surface area contributed by atoms with E-state index in [0.717, 1.165) is 0 Å². The number of esters is 2. The Labute approximate surface area is 162 Å². The summed E-state index contributed by atoms with van der Waals surface area (Å²) in [5.74, 6) is -1.08. The van der Waals surface area contributed by atoms with Crippen molar-refractivity contribution in [1.82, 2.24) is 0 Å². The molecular weight excluding hydrogens is 439 g/mol. The Balaban J connectivity index is 2.76. The van der Waals surface area contributed by atoms with Crippen LogP contribution in [0.3, 0.4) is 0 Å². The van der Waals surface area contributed by atoms with Crippen LogP contribution in [-0.4, -0.2) is 51.6 Å². The fraction of sp³-hybridized carbons (Fsp3) is 0.556. The van der Waals surface area contributed by atoms with Gasteiger partial charge >= 0.3 is 11.9 Å². The molecule has 0 spiro atoms. The Morgan fingerprint density at radius 3 is 2.00 bits per heavy atom. The first-order valence-corrected chi connectivity index (χ1v) is 9.16. The summed E-state index contributed by atoms with van der Waals surface area (Å²) < 4.78 is 21.4. The molecule has 0 saturated heterocycles. The third-order valence-corrected chi connectivity index (χ3v) is 4.66. The Hall–Kier alpha value is -1.19. The predicted molar refractivity (Wildman–Crippen MR) is 102 cm³/mol. The summed E-state index contributed by atoms with van der Waals surface area (Å²) in [4.78, 5) is 24.7. The van der Waals surface area contributed by atoms with Gasteiger partial charge in [-0.3, -0.25) is 0 Å². The molecule has 0 radical (unpaired) electrons. The molecular formula is C18H25IO6. The van der Waals surface area contributed by atoms with E-state index in [2.05, 4.69) is 0 Å². The van der Waals surface area contributed by atoms with Crippen molar-refractivity contribution in [1.29, 1.82) is 0 Å². The largest absolute Gasteiger partial charge is 0.462 e. The van der Waals surface area contributed by atoms with Gasteiger partial charge in [-0.2, -0.15) is 0 Å². The fourth-order valence-corrected chi connectivity index (χ4v) is 2.64. The van der Waals surface area contributed by atoms with Crippen LogP contribution in [0.2, 0.25) is 0 Å². The molecule has 25 heavy (non-hydrogen) atoms. The molecule has 0 amide bonds. The molecule has 140 valence electrons. The van der Waals surface area contributed by atoms with Crippen molar-refractivity contribution in [2.75, 3.05) is 27.4 Å². The summed E-state index contributed by atoms with van der Waals surface area (Å²) in [7, 11) is 3.20. The zero-order valence-corrected chi connectivity index (χ0v) is 17.2. The van der Waals surface area contributed by atoms with Crippen LogP contribution in [0, 0.1) is 3.57 Å². The van der Waals surface area contributed by atoms with E-state index in [1.54, 1.807) is 32.4 Å². The molecule has 0 heterocycles. The monoisotopic (exact) mass is 464 g/mol. The summed E-state index contributed by atoms with van der Waals surface area (Å²) in [6.45, 7) is 4.23. The topological polar surface area (TPSA) is 71.1 Å². The van der Waals surface area contributed by atoms with E-state index < -0.39 is 11.9 Å². The minimum Gasteiger partial charge on any atom is -0.462 e. The molecule has 0 fully saturated rings. The Bertz CT molecular complexity index is 575. The number of benzene rings is 1. The van der Waals surface area contributed by atoms with Crippen molar-refractivity contribution in [2.24, 2.45) is 0 Å². The summed E-state index contributed by atoms with van der Waals surface area (Å²) in [6.07, 6.45) is 1.16. The maximum Gasteiger partial charge on any atom is 0.340 e. The van der Waals surface area contributed by atoms with E-state index in [4.69, 9.17) is 18.9 Å². The minimum absolute atomic E-state index is 0.00378. The van der Waals surface area contributed by atoms with Gasteiger partial charge in [0.1, 0.15) is 0 Å². The predicted octanol–water partition coefficient (Wildman–Crippen LogP) is 3.45. The number of halogens is 1. The SMILES string of the molecule is COC(C)CCOC(=O)c1cccc(I)c1C(=O)OCCC(C)OC. The standard InChI is InChI=1S/C18H25IO6/c1-12(22-3)8-10-24-17(20)14-6-5-7-15(19)16(14)18(21)25-11-9-13(2)23-4/h5-7,12-13H,8-11H2,1-4H3. The van der Waals surface area contributed by atoms with Crippen molar-refractivity contribution >= 4 is 34.5 Å². The lowest BCUT2D eigenvalue weighted by Crippen LogP contribution is -2.19. The molecule has 0 aliphatic heterocycles. The van der Waals surface area contributed by atoms with E-state index in [9.17, 15) is 9.59 Å². The van der Waals surface area contributed by atoms with Crippen LogP contribution in [0.5, 0.6) is 0 Å². The van der Waals surface area contributed by atoms with E-state index in [1.807, 2.05) is 36.4 Å². The second kappa shape index (κ2) is 11.4. The van der Waals surface area contributed by atoms with Gasteiger partial charge in [0.2, 0.25) is 0 Å². The lowest BCUT2D eigenvalue weighted by atomic mass is 10.1. The molecule has 1 aromatic carbocycles. The van der Waals surface area contributed by atoms with Crippen LogP contribution >= 0.6 is 22.6 Å². The molecule has 2 unspecified atom stereocenters. The number of carbonyl (C=O) groups excluding carboxylic acids is 2. The molecule has 1 aromatic rings. The van der Waals surface area contributed by atoms with Gasteiger partial charge in [-0.15, -0.1) is 0 Å². The zero-order valence-electron chi connectivity index (χ0n) is 15.0. The van der Waals surface area contributed by atoms with Crippen molar-refractivity contribution in [3.05, 3.63) is 32.9 Å². The van der Waals surface area contributed by atoms with Gasteiger partial charge in [-0.25, -0.2) is 9.59 Å². The maximum absolute atomic E-state index is 12.4. The summed E-state index contributed by atoms with van der Waals surface area (Å²) in [6, 6.07) is 5.03. The smallest absolute Gasteiger partial charge is 0.340 e. The fourth-order valence-electron chi connectivity index (χ4n) is 1.92. The van der Waals surface area contributed by atoms with Crippen molar-refractivity contribution in [3.8, 4) is 0 Å². The normalized spacial score (nSPS) is 13.2. The average Bonchev–Trinajstić information content (AvgIpc) is 2.60. The van der Waals surface area contributed by atoms with E-state index in [0.29, 0.717) is 16.4 Å². The van der Waals surface area contributed by atoms with Gasteiger partial charge in [0.05, 0.1) is 36.5 Å². The first-order valence-electron chi connectivity index (χ1n) is 8.09. The van der Waals surface area contributed by atoms with Gasteiger partial charge in [-0.1, -0.05) is 6.07 Å². The first kappa shape index (κ1) is 21.9. The highest BCUT2D eigenvalue weighted by Gasteiger charge is 2.22. The Kier molecular flexibility index (Phi) is 9.99. The van der Waals surface area contributed by atoms with Gasteiger partial charge in [0, 0.05) is 30.6 Å². The van der Waals surface area contributed by atoms with Crippen LogP contribution in [-0.2, 0) is 18.9 Å². The van der Waals surface area contributed by atoms with Crippen molar-refractivity contribution in [2.45, 2.75) is 38.9 Å². The van der Waals surface area contributed by atoms with Crippen LogP contribution in [0.1, 0.15) is 47.4 Å². The highest BCUT2D eigenvalue weighted by Crippen LogP contribution is 2.20. The van der Waals surface area contributed by atoms with Gasteiger partial charge in [0.25, 0.3) is 0 Å². The van der Waals surface area contributed by atoms with Crippen LogP contribution in [0.15, 0.2) is 18.2 Å². The van der Waals surface area contributed by atoms with Gasteiger partial charge in [-0.05, 0) is 48.6 Å². The number of carbonyl (C=O) groups is 2. The lowest BCUT2D eigenvalue weighted by molar-refractivity contribution is 0.0346. The Morgan fingerprint density at radius 1 is 0.960 bits per heavy atom. The Morgan fingerprint density at radius 2 is 1.48 bits per heavy atom. The van der Waals surface area contributed by atoms with E-state index in [1.165, 1.54) is 0 Å². The molecule has 6 nitrogen and oxygen atoms in total.